The predicted octanol–water partition coefficient (Wildman–Crippen LogP) is 3.37. The maximum Gasteiger partial charge on any atom is 0.276 e. The summed E-state index contributed by atoms with van der Waals surface area (Å²) in [5.74, 6) is -0.228. The van der Waals surface area contributed by atoms with Gasteiger partial charge >= 0.3 is 0 Å². The zero-order chi connectivity index (χ0) is 22.9. The number of halogens is 1. The Balaban J connectivity index is 1.73. The number of para-hydroxylation sites is 1. The summed E-state index contributed by atoms with van der Waals surface area (Å²) in [6, 6.07) is 16.4. The number of ether oxygens (including phenoxy) is 1. The first-order chi connectivity index (χ1) is 15.5. The average Bonchev–Trinajstić information content (AvgIpc) is 2.79. The lowest BCUT2D eigenvalue weighted by Crippen LogP contribution is -2.29. The van der Waals surface area contributed by atoms with Crippen LogP contribution in [0.3, 0.4) is 0 Å². The average molecular weight is 455 g/mol. The Morgan fingerprint density at radius 1 is 1.06 bits per heavy atom. The van der Waals surface area contributed by atoms with E-state index in [0.717, 1.165) is 11.1 Å². The lowest BCUT2D eigenvalue weighted by molar-refractivity contribution is 0.0954. The SMILES string of the molecule is CCCNC(=O)c1ccc(Cl)cc1NC(=O)c1ccc(=O)n(CCOc2ccccc2)n1. The maximum atomic E-state index is 12.8. The van der Waals surface area contributed by atoms with Crippen LogP contribution in [0.2, 0.25) is 5.02 Å². The summed E-state index contributed by atoms with van der Waals surface area (Å²) in [5.41, 5.74) is 0.189. The minimum atomic E-state index is -0.575. The number of hydrogen-bond donors (Lipinski definition) is 2. The summed E-state index contributed by atoms with van der Waals surface area (Å²) >= 11 is 6.05. The van der Waals surface area contributed by atoms with Gasteiger partial charge in [-0.25, -0.2) is 4.68 Å². The first kappa shape index (κ1) is 23.0. The van der Waals surface area contributed by atoms with Crippen LogP contribution in [0.1, 0.15) is 34.2 Å². The number of carbonyl (C=O) groups is 2. The molecule has 1 aromatic heterocycles. The minimum absolute atomic E-state index is 0.0178. The molecule has 0 aliphatic heterocycles. The summed E-state index contributed by atoms with van der Waals surface area (Å²) in [6.45, 7) is 2.82. The molecule has 0 radical (unpaired) electrons. The second kappa shape index (κ2) is 11.1. The molecule has 8 nitrogen and oxygen atoms in total. The van der Waals surface area contributed by atoms with E-state index in [2.05, 4.69) is 15.7 Å². The van der Waals surface area contributed by atoms with Gasteiger partial charge in [0.1, 0.15) is 18.1 Å². The Morgan fingerprint density at radius 2 is 1.84 bits per heavy atom. The highest BCUT2D eigenvalue weighted by molar-refractivity contribution is 6.31. The number of nitrogens with one attached hydrogen (secondary N) is 2. The molecule has 0 spiro atoms. The normalized spacial score (nSPS) is 10.4. The molecular weight excluding hydrogens is 432 g/mol. The van der Waals surface area contributed by atoms with Crippen LogP contribution in [0.25, 0.3) is 0 Å². The number of amides is 2. The van der Waals surface area contributed by atoms with Crippen LogP contribution in [0, 0.1) is 0 Å². The van der Waals surface area contributed by atoms with E-state index in [4.69, 9.17) is 16.3 Å². The van der Waals surface area contributed by atoms with Gasteiger partial charge in [0.05, 0.1) is 17.8 Å². The molecule has 9 heteroatoms. The van der Waals surface area contributed by atoms with Crippen LogP contribution < -0.4 is 20.9 Å². The molecule has 0 fully saturated rings. The highest BCUT2D eigenvalue weighted by atomic mass is 35.5. The van der Waals surface area contributed by atoms with Crippen molar-refractivity contribution in [1.29, 1.82) is 0 Å². The highest BCUT2D eigenvalue weighted by Gasteiger charge is 2.16. The van der Waals surface area contributed by atoms with Gasteiger partial charge in [0.25, 0.3) is 17.4 Å². The van der Waals surface area contributed by atoms with Crippen molar-refractivity contribution in [1.82, 2.24) is 15.1 Å². The van der Waals surface area contributed by atoms with Gasteiger partial charge in [-0.15, -0.1) is 0 Å². The number of hydrogen-bond acceptors (Lipinski definition) is 5. The third kappa shape index (κ3) is 6.18. The molecule has 32 heavy (non-hydrogen) atoms. The molecule has 166 valence electrons. The van der Waals surface area contributed by atoms with E-state index in [-0.39, 0.29) is 41.6 Å². The minimum Gasteiger partial charge on any atom is -0.492 e. The van der Waals surface area contributed by atoms with Crippen molar-refractivity contribution in [2.75, 3.05) is 18.5 Å². The number of anilines is 1. The van der Waals surface area contributed by atoms with E-state index >= 15 is 0 Å². The molecular formula is C23H23ClN4O4. The fourth-order valence-corrected chi connectivity index (χ4v) is 3.01. The van der Waals surface area contributed by atoms with Crippen LogP contribution in [-0.4, -0.2) is 34.7 Å². The quantitative estimate of drug-likeness (QED) is 0.516. The van der Waals surface area contributed by atoms with Crippen LogP contribution >= 0.6 is 11.6 Å². The monoisotopic (exact) mass is 454 g/mol. The zero-order valence-electron chi connectivity index (χ0n) is 17.5. The van der Waals surface area contributed by atoms with E-state index in [9.17, 15) is 14.4 Å². The number of carbonyl (C=O) groups excluding carboxylic acids is 2. The zero-order valence-corrected chi connectivity index (χ0v) is 18.3. The first-order valence-corrected chi connectivity index (χ1v) is 10.5. The summed E-state index contributed by atoms with van der Waals surface area (Å²) in [7, 11) is 0. The number of benzene rings is 2. The van der Waals surface area contributed by atoms with Crippen molar-refractivity contribution in [2.24, 2.45) is 0 Å². The molecule has 0 atom stereocenters. The van der Waals surface area contributed by atoms with Gasteiger partial charge in [-0.05, 0) is 42.8 Å². The third-order valence-corrected chi connectivity index (χ3v) is 4.66. The lowest BCUT2D eigenvalue weighted by atomic mass is 10.1. The summed E-state index contributed by atoms with van der Waals surface area (Å²) < 4.78 is 6.75. The van der Waals surface area contributed by atoms with E-state index < -0.39 is 5.91 Å². The molecule has 0 aliphatic rings. The van der Waals surface area contributed by atoms with Gasteiger partial charge in [-0.2, -0.15) is 5.10 Å². The topological polar surface area (TPSA) is 102 Å². The van der Waals surface area contributed by atoms with E-state index in [1.165, 1.54) is 24.3 Å². The van der Waals surface area contributed by atoms with Crippen molar-refractivity contribution in [3.05, 3.63) is 87.3 Å². The molecule has 0 saturated carbocycles. The summed E-state index contributed by atoms with van der Waals surface area (Å²) in [4.78, 5) is 37.3. The van der Waals surface area contributed by atoms with Crippen molar-refractivity contribution < 1.29 is 14.3 Å². The molecule has 3 aromatic rings. The second-order valence-corrected chi connectivity index (χ2v) is 7.28. The Kier molecular flexibility index (Phi) is 7.99. The molecule has 2 aromatic carbocycles. The Morgan fingerprint density at radius 3 is 2.59 bits per heavy atom. The Labute approximate surface area is 190 Å². The molecule has 0 aliphatic carbocycles. The predicted molar refractivity (Wildman–Crippen MR) is 122 cm³/mol. The van der Waals surface area contributed by atoms with E-state index in [1.807, 2.05) is 25.1 Å². The first-order valence-electron chi connectivity index (χ1n) is 10.1. The summed E-state index contributed by atoms with van der Waals surface area (Å²) in [6.07, 6.45) is 0.778. The lowest BCUT2D eigenvalue weighted by Gasteiger charge is -2.12. The smallest absolute Gasteiger partial charge is 0.276 e. The van der Waals surface area contributed by atoms with Gasteiger partial charge in [0.15, 0.2) is 0 Å². The molecule has 0 saturated heterocycles. The van der Waals surface area contributed by atoms with Crippen molar-refractivity contribution in [3.63, 3.8) is 0 Å². The van der Waals surface area contributed by atoms with Crippen LogP contribution in [-0.2, 0) is 6.54 Å². The third-order valence-electron chi connectivity index (χ3n) is 4.42. The molecule has 0 unspecified atom stereocenters. The van der Waals surface area contributed by atoms with Gasteiger partial charge in [0.2, 0.25) is 0 Å². The molecule has 2 N–H and O–H groups in total. The number of nitrogens with zero attached hydrogens (tertiary/aromatic N) is 2. The number of rotatable bonds is 9. The second-order valence-electron chi connectivity index (χ2n) is 6.84. The standard InChI is InChI=1S/C23H23ClN4O4/c1-2-12-25-22(30)18-9-8-16(24)15-20(18)26-23(31)19-10-11-21(29)28(27-19)13-14-32-17-6-4-3-5-7-17/h3-11,15H,2,12-14H2,1H3,(H,25,30)(H,26,31). The van der Waals surface area contributed by atoms with Crippen molar-refractivity contribution >= 4 is 29.1 Å². The molecule has 2 amide bonds. The van der Waals surface area contributed by atoms with Crippen molar-refractivity contribution in [3.8, 4) is 5.75 Å². The Bertz CT molecular complexity index is 1150. The maximum absolute atomic E-state index is 12.8. The van der Waals surface area contributed by atoms with Crippen LogP contribution in [0.5, 0.6) is 5.75 Å². The molecule has 3 rings (SSSR count). The van der Waals surface area contributed by atoms with Crippen LogP contribution in [0.15, 0.2) is 65.5 Å². The Hall–Kier alpha value is -3.65. The fourth-order valence-electron chi connectivity index (χ4n) is 2.83. The van der Waals surface area contributed by atoms with Crippen molar-refractivity contribution in [2.45, 2.75) is 19.9 Å². The van der Waals surface area contributed by atoms with Gasteiger partial charge < -0.3 is 15.4 Å². The molecule has 1 heterocycles. The van der Waals surface area contributed by atoms with E-state index in [1.54, 1.807) is 18.2 Å². The molecule has 0 bridgehead atoms. The fraction of sp³-hybridized carbons (Fsp3) is 0.217. The number of aromatic nitrogens is 2. The largest absolute Gasteiger partial charge is 0.492 e. The van der Waals surface area contributed by atoms with Gasteiger partial charge in [-0.1, -0.05) is 36.7 Å². The van der Waals surface area contributed by atoms with Gasteiger partial charge in [0, 0.05) is 17.6 Å². The van der Waals surface area contributed by atoms with Crippen LogP contribution in [0.4, 0.5) is 5.69 Å². The summed E-state index contributed by atoms with van der Waals surface area (Å²) in [5, 5.41) is 9.92. The highest BCUT2D eigenvalue weighted by Crippen LogP contribution is 2.21. The van der Waals surface area contributed by atoms with Gasteiger partial charge in [-0.3, -0.25) is 14.4 Å². The van der Waals surface area contributed by atoms with E-state index in [0.29, 0.717) is 17.3 Å².